The SMILES string of the molecule is CCCCCCCCCCCCCCCCCCCC(=O)O[C@@H](COC(=O)CCCCCCCCCCCCCCCCCC)COC(=O)CCCCCCCCCCCCCCC(C)C. The predicted molar refractivity (Wildman–Crippen MR) is 284 cm³/mol. The summed E-state index contributed by atoms with van der Waals surface area (Å²) in [5.74, 6) is 0.00126. The van der Waals surface area contributed by atoms with Crippen LogP contribution in [0.25, 0.3) is 0 Å². The van der Waals surface area contributed by atoms with Gasteiger partial charge in [0.1, 0.15) is 13.2 Å². The number of esters is 3. The van der Waals surface area contributed by atoms with Crippen molar-refractivity contribution in [2.45, 2.75) is 348 Å². The molecule has 0 spiro atoms. The minimum absolute atomic E-state index is 0.0616. The lowest BCUT2D eigenvalue weighted by Crippen LogP contribution is -2.30. The Morgan fingerprint density at radius 1 is 0.288 bits per heavy atom. The summed E-state index contributed by atoms with van der Waals surface area (Å²) >= 11 is 0. The molecule has 6 heteroatoms. The highest BCUT2D eigenvalue weighted by atomic mass is 16.6. The molecule has 0 amide bonds. The standard InChI is InChI=1S/C60H116O6/c1-5-7-9-11-13-15-17-19-21-23-25-27-33-37-41-45-49-53-60(63)66-57(55-65-59(62)52-48-44-40-36-32-29-28-30-34-38-42-46-50-56(3)4)54-64-58(61)51-47-43-39-35-31-26-24-22-20-18-16-14-12-10-8-6-2/h56-57H,5-55H2,1-4H3/t57-/m0/s1. The van der Waals surface area contributed by atoms with E-state index in [1.165, 1.54) is 238 Å². The summed E-state index contributed by atoms with van der Waals surface area (Å²) < 4.78 is 16.9. The number of ether oxygens (including phenoxy) is 3. The Balaban J connectivity index is 4.30. The molecule has 0 aromatic carbocycles. The van der Waals surface area contributed by atoms with Crippen LogP contribution in [0.3, 0.4) is 0 Å². The molecule has 0 bridgehead atoms. The largest absolute Gasteiger partial charge is 0.462 e. The van der Waals surface area contributed by atoms with Crippen molar-refractivity contribution in [2.24, 2.45) is 5.92 Å². The number of rotatable bonds is 55. The van der Waals surface area contributed by atoms with Crippen LogP contribution in [-0.2, 0) is 28.6 Å². The molecule has 0 aliphatic carbocycles. The van der Waals surface area contributed by atoms with Crippen molar-refractivity contribution < 1.29 is 28.6 Å². The minimum Gasteiger partial charge on any atom is -0.462 e. The Labute approximate surface area is 412 Å². The number of carbonyl (C=O) groups is 3. The van der Waals surface area contributed by atoms with Crippen LogP contribution in [-0.4, -0.2) is 37.2 Å². The smallest absolute Gasteiger partial charge is 0.306 e. The zero-order chi connectivity index (χ0) is 48.1. The van der Waals surface area contributed by atoms with Gasteiger partial charge in [0.25, 0.3) is 0 Å². The Hall–Kier alpha value is -1.59. The second kappa shape index (κ2) is 54.4. The van der Waals surface area contributed by atoms with Gasteiger partial charge in [0.05, 0.1) is 0 Å². The monoisotopic (exact) mass is 933 g/mol. The van der Waals surface area contributed by atoms with E-state index in [9.17, 15) is 14.4 Å². The van der Waals surface area contributed by atoms with Crippen molar-refractivity contribution in [3.8, 4) is 0 Å². The van der Waals surface area contributed by atoms with Crippen molar-refractivity contribution in [2.75, 3.05) is 13.2 Å². The summed E-state index contributed by atoms with van der Waals surface area (Å²) in [5.41, 5.74) is 0. The van der Waals surface area contributed by atoms with Gasteiger partial charge < -0.3 is 14.2 Å². The lowest BCUT2D eigenvalue weighted by atomic mass is 10.0. The Kier molecular flexibility index (Phi) is 53.0. The van der Waals surface area contributed by atoms with Crippen LogP contribution in [0.5, 0.6) is 0 Å². The Bertz CT molecular complexity index is 996. The lowest BCUT2D eigenvalue weighted by Gasteiger charge is -2.18. The number of hydrogen-bond donors (Lipinski definition) is 0. The third kappa shape index (κ3) is 53.4. The molecule has 0 saturated carbocycles. The molecule has 0 aromatic rings. The molecule has 0 saturated heterocycles. The highest BCUT2D eigenvalue weighted by Gasteiger charge is 2.19. The van der Waals surface area contributed by atoms with Crippen LogP contribution in [0.1, 0.15) is 342 Å². The highest BCUT2D eigenvalue weighted by molar-refractivity contribution is 5.71. The van der Waals surface area contributed by atoms with Crippen LogP contribution in [0.2, 0.25) is 0 Å². The van der Waals surface area contributed by atoms with E-state index in [0.717, 1.165) is 63.7 Å². The molecule has 0 N–H and O–H groups in total. The fourth-order valence-corrected chi connectivity index (χ4v) is 9.28. The van der Waals surface area contributed by atoms with Gasteiger partial charge in [-0.3, -0.25) is 14.4 Å². The maximum absolute atomic E-state index is 12.9. The van der Waals surface area contributed by atoms with Crippen LogP contribution in [0, 0.1) is 5.92 Å². The van der Waals surface area contributed by atoms with E-state index >= 15 is 0 Å². The van der Waals surface area contributed by atoms with E-state index in [-0.39, 0.29) is 31.1 Å². The van der Waals surface area contributed by atoms with Crippen molar-refractivity contribution in [1.82, 2.24) is 0 Å². The molecule has 0 rings (SSSR count). The molecule has 0 aliphatic rings. The lowest BCUT2D eigenvalue weighted by molar-refractivity contribution is -0.167. The Morgan fingerprint density at radius 2 is 0.500 bits per heavy atom. The van der Waals surface area contributed by atoms with Gasteiger partial charge in [0.15, 0.2) is 6.10 Å². The molecule has 0 heterocycles. The fourth-order valence-electron chi connectivity index (χ4n) is 9.28. The van der Waals surface area contributed by atoms with E-state index in [0.29, 0.717) is 19.3 Å². The van der Waals surface area contributed by atoms with Crippen LogP contribution >= 0.6 is 0 Å². The molecule has 0 radical (unpaired) electrons. The van der Waals surface area contributed by atoms with E-state index in [4.69, 9.17) is 14.2 Å². The van der Waals surface area contributed by atoms with E-state index in [2.05, 4.69) is 27.7 Å². The summed E-state index contributed by atoms with van der Waals surface area (Å²) in [6.07, 6.45) is 59.5. The van der Waals surface area contributed by atoms with Gasteiger partial charge in [0, 0.05) is 19.3 Å². The molecule has 392 valence electrons. The normalized spacial score (nSPS) is 12.0. The summed E-state index contributed by atoms with van der Waals surface area (Å²) in [5, 5.41) is 0. The van der Waals surface area contributed by atoms with Crippen molar-refractivity contribution in [3.05, 3.63) is 0 Å². The molecule has 6 nitrogen and oxygen atoms in total. The molecule has 0 unspecified atom stereocenters. The van der Waals surface area contributed by atoms with E-state index in [1.807, 2.05) is 0 Å². The van der Waals surface area contributed by atoms with Gasteiger partial charge in [0.2, 0.25) is 0 Å². The van der Waals surface area contributed by atoms with Crippen molar-refractivity contribution >= 4 is 17.9 Å². The average Bonchev–Trinajstić information content (AvgIpc) is 3.30. The van der Waals surface area contributed by atoms with Gasteiger partial charge in [-0.05, 0) is 25.2 Å². The van der Waals surface area contributed by atoms with Gasteiger partial charge in [-0.25, -0.2) is 0 Å². The summed E-state index contributed by atoms with van der Waals surface area (Å²) in [7, 11) is 0. The molecular formula is C60H116O6. The zero-order valence-corrected chi connectivity index (χ0v) is 45.2. The van der Waals surface area contributed by atoms with Crippen LogP contribution in [0.4, 0.5) is 0 Å². The van der Waals surface area contributed by atoms with Gasteiger partial charge in [-0.1, -0.05) is 304 Å². The second-order valence-electron chi connectivity index (χ2n) is 21.1. The number of unbranched alkanes of at least 4 members (excludes halogenated alkanes) is 42. The van der Waals surface area contributed by atoms with Crippen molar-refractivity contribution in [3.63, 3.8) is 0 Å². The summed E-state index contributed by atoms with van der Waals surface area (Å²) in [6, 6.07) is 0. The average molecular weight is 934 g/mol. The van der Waals surface area contributed by atoms with Crippen molar-refractivity contribution in [1.29, 1.82) is 0 Å². The fraction of sp³-hybridized carbons (Fsp3) is 0.950. The molecular weight excluding hydrogens is 817 g/mol. The first-order chi connectivity index (χ1) is 32.4. The quantitative estimate of drug-likeness (QED) is 0.0343. The minimum atomic E-state index is -0.762. The first kappa shape index (κ1) is 64.4. The molecule has 66 heavy (non-hydrogen) atoms. The molecule has 1 atom stereocenters. The second-order valence-corrected chi connectivity index (χ2v) is 21.1. The summed E-state index contributed by atoms with van der Waals surface area (Å²) in [6.45, 7) is 9.07. The third-order valence-corrected chi connectivity index (χ3v) is 13.8. The number of hydrogen-bond acceptors (Lipinski definition) is 6. The first-order valence-electron chi connectivity index (χ1n) is 29.9. The first-order valence-corrected chi connectivity index (χ1v) is 29.9. The molecule has 0 fully saturated rings. The predicted octanol–water partition coefficient (Wildman–Crippen LogP) is 19.8. The topological polar surface area (TPSA) is 78.9 Å². The van der Waals surface area contributed by atoms with Gasteiger partial charge in [-0.15, -0.1) is 0 Å². The van der Waals surface area contributed by atoms with Crippen LogP contribution in [0.15, 0.2) is 0 Å². The molecule has 0 aliphatic heterocycles. The number of carbonyl (C=O) groups excluding carboxylic acids is 3. The third-order valence-electron chi connectivity index (χ3n) is 13.8. The zero-order valence-electron chi connectivity index (χ0n) is 45.2. The maximum Gasteiger partial charge on any atom is 0.306 e. The molecule has 0 aromatic heterocycles. The maximum atomic E-state index is 12.9. The van der Waals surface area contributed by atoms with Gasteiger partial charge in [-0.2, -0.15) is 0 Å². The highest BCUT2D eigenvalue weighted by Crippen LogP contribution is 2.18. The van der Waals surface area contributed by atoms with E-state index < -0.39 is 6.10 Å². The van der Waals surface area contributed by atoms with Crippen LogP contribution < -0.4 is 0 Å². The summed E-state index contributed by atoms with van der Waals surface area (Å²) in [4.78, 5) is 38.2. The van der Waals surface area contributed by atoms with E-state index in [1.54, 1.807) is 0 Å². The van der Waals surface area contributed by atoms with Gasteiger partial charge >= 0.3 is 17.9 Å². The Morgan fingerprint density at radius 3 is 0.742 bits per heavy atom.